The molecule has 2 amide bonds. The fraction of sp³-hybridized carbons (Fsp3) is 0.300. The summed E-state index contributed by atoms with van der Waals surface area (Å²) in [5.74, 6) is -0.233. The van der Waals surface area contributed by atoms with Gasteiger partial charge in [0.05, 0.1) is 6.04 Å². The van der Waals surface area contributed by atoms with Crippen LogP contribution in [0.5, 0.6) is 0 Å². The number of benzene rings is 1. The molecule has 0 radical (unpaired) electrons. The van der Waals surface area contributed by atoms with Crippen LogP contribution < -0.4 is 10.6 Å². The van der Waals surface area contributed by atoms with E-state index in [0.717, 1.165) is 5.56 Å². The van der Waals surface area contributed by atoms with Crippen molar-refractivity contribution >= 4 is 6.03 Å². The highest BCUT2D eigenvalue weighted by Gasteiger charge is 2.23. The molecule has 1 aliphatic heterocycles. The number of carbonyl (C=O) groups is 1. The van der Waals surface area contributed by atoms with Gasteiger partial charge in [0.1, 0.15) is 5.82 Å². The lowest BCUT2D eigenvalue weighted by Crippen LogP contribution is -2.22. The lowest BCUT2D eigenvalue weighted by atomic mass is 10.0. The molecule has 0 saturated carbocycles. The molecule has 1 saturated heterocycles. The van der Waals surface area contributed by atoms with Gasteiger partial charge in [0.15, 0.2) is 0 Å². The number of urea groups is 1. The molecular formula is C10H11FN2O. The van der Waals surface area contributed by atoms with Gasteiger partial charge in [-0.15, -0.1) is 0 Å². The van der Waals surface area contributed by atoms with Crippen molar-refractivity contribution < 1.29 is 9.18 Å². The first-order valence-electron chi connectivity index (χ1n) is 4.48. The molecule has 14 heavy (non-hydrogen) atoms. The number of halogens is 1. The lowest BCUT2D eigenvalue weighted by molar-refractivity contribution is 0.247. The predicted octanol–water partition coefficient (Wildman–Crippen LogP) is 1.49. The second-order valence-electron chi connectivity index (χ2n) is 3.36. The van der Waals surface area contributed by atoms with Gasteiger partial charge < -0.3 is 10.6 Å². The zero-order chi connectivity index (χ0) is 10.1. The molecule has 0 spiro atoms. The van der Waals surface area contributed by atoms with Gasteiger partial charge >= 0.3 is 6.03 Å². The van der Waals surface area contributed by atoms with Crippen molar-refractivity contribution in [2.24, 2.45) is 0 Å². The van der Waals surface area contributed by atoms with Crippen LogP contribution in [0.1, 0.15) is 17.2 Å². The monoisotopic (exact) mass is 194 g/mol. The summed E-state index contributed by atoms with van der Waals surface area (Å²) in [5.41, 5.74) is 1.44. The van der Waals surface area contributed by atoms with Gasteiger partial charge in [-0.1, -0.05) is 12.1 Å². The van der Waals surface area contributed by atoms with Gasteiger partial charge in [-0.25, -0.2) is 9.18 Å². The van der Waals surface area contributed by atoms with E-state index in [9.17, 15) is 9.18 Å². The molecule has 1 aromatic rings. The van der Waals surface area contributed by atoms with Crippen LogP contribution in [0.2, 0.25) is 0 Å². The van der Waals surface area contributed by atoms with Crippen LogP contribution in [0.15, 0.2) is 18.2 Å². The molecule has 1 fully saturated rings. The Bertz CT molecular complexity index is 378. The Balaban J connectivity index is 2.32. The zero-order valence-corrected chi connectivity index (χ0v) is 7.80. The molecule has 3 nitrogen and oxygen atoms in total. The first-order chi connectivity index (χ1) is 6.68. The van der Waals surface area contributed by atoms with E-state index in [1.54, 1.807) is 13.0 Å². The van der Waals surface area contributed by atoms with Gasteiger partial charge in [0.2, 0.25) is 0 Å². The number of carbonyl (C=O) groups excluding carboxylic acids is 1. The highest BCUT2D eigenvalue weighted by Crippen LogP contribution is 2.21. The van der Waals surface area contributed by atoms with E-state index in [1.165, 1.54) is 6.07 Å². The third-order valence-corrected chi connectivity index (χ3v) is 2.46. The molecular weight excluding hydrogens is 183 g/mol. The Morgan fingerprint density at radius 2 is 2.29 bits per heavy atom. The van der Waals surface area contributed by atoms with Crippen molar-refractivity contribution in [3.05, 3.63) is 35.1 Å². The number of hydrogen-bond donors (Lipinski definition) is 2. The Morgan fingerprint density at radius 1 is 1.50 bits per heavy atom. The predicted molar refractivity (Wildman–Crippen MR) is 50.4 cm³/mol. The molecule has 2 N–H and O–H groups in total. The maximum Gasteiger partial charge on any atom is 0.315 e. The van der Waals surface area contributed by atoms with Crippen LogP contribution in [0, 0.1) is 12.7 Å². The van der Waals surface area contributed by atoms with E-state index in [-0.39, 0.29) is 17.9 Å². The summed E-state index contributed by atoms with van der Waals surface area (Å²) >= 11 is 0. The normalized spacial score (nSPS) is 20.4. The summed E-state index contributed by atoms with van der Waals surface area (Å²) in [6, 6.07) is 4.60. The maximum absolute atomic E-state index is 13.2. The van der Waals surface area contributed by atoms with E-state index in [0.29, 0.717) is 12.1 Å². The minimum absolute atomic E-state index is 0.113. The van der Waals surface area contributed by atoms with Crippen molar-refractivity contribution in [3.63, 3.8) is 0 Å². The smallest absolute Gasteiger partial charge is 0.315 e. The fourth-order valence-electron chi connectivity index (χ4n) is 1.64. The Labute approximate surface area is 81.3 Å². The lowest BCUT2D eigenvalue weighted by Gasteiger charge is -2.12. The Morgan fingerprint density at radius 3 is 2.93 bits per heavy atom. The van der Waals surface area contributed by atoms with E-state index < -0.39 is 0 Å². The topological polar surface area (TPSA) is 41.1 Å². The van der Waals surface area contributed by atoms with E-state index in [4.69, 9.17) is 0 Å². The number of nitrogens with one attached hydrogen (secondary N) is 2. The summed E-state index contributed by atoms with van der Waals surface area (Å²) < 4.78 is 13.2. The summed E-state index contributed by atoms with van der Waals surface area (Å²) in [4.78, 5) is 10.9. The molecule has 1 aromatic carbocycles. The van der Waals surface area contributed by atoms with Crippen LogP contribution in [-0.2, 0) is 0 Å². The standard InChI is InChI=1S/C10H11FN2O/c1-6-7(3-2-4-8(6)11)9-5-12-10(14)13-9/h2-4,9H,5H2,1H3,(H2,12,13,14)/t9-/m0/s1. The average molecular weight is 194 g/mol. The highest BCUT2D eigenvalue weighted by molar-refractivity contribution is 5.77. The molecule has 0 unspecified atom stereocenters. The minimum atomic E-state index is -0.233. The van der Waals surface area contributed by atoms with Crippen molar-refractivity contribution in [2.75, 3.05) is 6.54 Å². The largest absolute Gasteiger partial charge is 0.336 e. The highest BCUT2D eigenvalue weighted by atomic mass is 19.1. The molecule has 1 atom stereocenters. The zero-order valence-electron chi connectivity index (χ0n) is 7.80. The number of amides is 2. The second kappa shape index (κ2) is 3.29. The van der Waals surface area contributed by atoms with Gasteiger partial charge in [0, 0.05) is 6.54 Å². The molecule has 1 aliphatic rings. The third kappa shape index (κ3) is 1.43. The summed E-state index contributed by atoms with van der Waals surface area (Å²) in [5, 5.41) is 5.36. The van der Waals surface area contributed by atoms with Crippen LogP contribution in [-0.4, -0.2) is 12.6 Å². The molecule has 4 heteroatoms. The summed E-state index contributed by atoms with van der Waals surface area (Å²) in [6.07, 6.45) is 0. The number of rotatable bonds is 1. The van der Waals surface area contributed by atoms with Crippen LogP contribution in [0.3, 0.4) is 0 Å². The summed E-state index contributed by atoms with van der Waals surface area (Å²) in [6.45, 7) is 2.23. The minimum Gasteiger partial charge on any atom is -0.336 e. The second-order valence-corrected chi connectivity index (χ2v) is 3.36. The quantitative estimate of drug-likeness (QED) is 0.698. The molecule has 0 aromatic heterocycles. The molecule has 74 valence electrons. The molecule has 2 rings (SSSR count). The van der Waals surface area contributed by atoms with Crippen LogP contribution in [0.25, 0.3) is 0 Å². The first kappa shape index (κ1) is 8.99. The van der Waals surface area contributed by atoms with Gasteiger partial charge in [-0.2, -0.15) is 0 Å². The van der Waals surface area contributed by atoms with E-state index in [1.807, 2.05) is 6.07 Å². The fourth-order valence-corrected chi connectivity index (χ4v) is 1.64. The molecule has 0 aliphatic carbocycles. The molecule has 0 bridgehead atoms. The van der Waals surface area contributed by atoms with E-state index in [2.05, 4.69) is 10.6 Å². The van der Waals surface area contributed by atoms with Gasteiger partial charge in [-0.3, -0.25) is 0 Å². The Kier molecular flexibility index (Phi) is 2.11. The van der Waals surface area contributed by atoms with Crippen LogP contribution >= 0.6 is 0 Å². The maximum atomic E-state index is 13.2. The Hall–Kier alpha value is -1.58. The summed E-state index contributed by atoms with van der Waals surface area (Å²) in [7, 11) is 0. The van der Waals surface area contributed by atoms with Crippen molar-refractivity contribution in [3.8, 4) is 0 Å². The van der Waals surface area contributed by atoms with Crippen molar-refractivity contribution in [1.82, 2.24) is 10.6 Å². The molecule has 1 heterocycles. The van der Waals surface area contributed by atoms with E-state index >= 15 is 0 Å². The SMILES string of the molecule is Cc1c(F)cccc1[C@@H]1CNC(=O)N1. The average Bonchev–Trinajstić information content (AvgIpc) is 2.57. The van der Waals surface area contributed by atoms with Crippen molar-refractivity contribution in [2.45, 2.75) is 13.0 Å². The van der Waals surface area contributed by atoms with Crippen molar-refractivity contribution in [1.29, 1.82) is 0 Å². The third-order valence-electron chi connectivity index (χ3n) is 2.46. The van der Waals surface area contributed by atoms with Gasteiger partial charge in [0.25, 0.3) is 0 Å². The van der Waals surface area contributed by atoms with Crippen LogP contribution in [0.4, 0.5) is 9.18 Å². The first-order valence-corrected chi connectivity index (χ1v) is 4.48. The van der Waals surface area contributed by atoms with Gasteiger partial charge in [-0.05, 0) is 24.1 Å². The number of hydrogen-bond acceptors (Lipinski definition) is 1.